The molecule has 7 nitrogen and oxygen atoms in total. The van der Waals surface area contributed by atoms with E-state index in [-0.39, 0.29) is 6.61 Å². The van der Waals surface area contributed by atoms with E-state index < -0.39 is 6.67 Å². The van der Waals surface area contributed by atoms with Crippen molar-refractivity contribution in [2.75, 3.05) is 71.4 Å². The highest BCUT2D eigenvalue weighted by atomic mass is 32.1. The van der Waals surface area contributed by atoms with Crippen LogP contribution in [0.25, 0.3) is 20.8 Å². The molecule has 0 amide bonds. The van der Waals surface area contributed by atoms with Crippen molar-refractivity contribution in [1.29, 1.82) is 0 Å². The Balaban J connectivity index is 1.15. The molecule has 35 heavy (non-hydrogen) atoms. The quantitative estimate of drug-likeness (QED) is 0.287. The van der Waals surface area contributed by atoms with Crippen LogP contribution in [0.4, 0.5) is 10.2 Å². The lowest BCUT2D eigenvalue weighted by atomic mass is 9.94. The third kappa shape index (κ3) is 7.57. The molecule has 1 aliphatic heterocycles. The van der Waals surface area contributed by atoms with Gasteiger partial charge >= 0.3 is 0 Å². The molecular formula is C26H34FN3O4S. The summed E-state index contributed by atoms with van der Waals surface area (Å²) in [6, 6.07) is 10.2. The topological polar surface area (TPSA) is 65.9 Å². The zero-order valence-corrected chi connectivity index (χ0v) is 21.1. The minimum Gasteiger partial charge on any atom is -0.497 e. The lowest BCUT2D eigenvalue weighted by molar-refractivity contribution is 0.00981. The number of anilines is 1. The van der Waals surface area contributed by atoms with Crippen molar-refractivity contribution in [3.05, 3.63) is 36.5 Å². The predicted molar refractivity (Wildman–Crippen MR) is 137 cm³/mol. The van der Waals surface area contributed by atoms with Crippen LogP contribution in [0.1, 0.15) is 19.3 Å². The smallest absolute Gasteiger partial charge is 0.128 e. The lowest BCUT2D eigenvalue weighted by Crippen LogP contribution is -2.34. The molecule has 3 aromatic rings. The number of pyridine rings is 1. The molecule has 0 spiro atoms. The first-order chi connectivity index (χ1) is 17.3. The first kappa shape index (κ1) is 25.8. The van der Waals surface area contributed by atoms with Crippen LogP contribution in [-0.2, 0) is 14.2 Å². The summed E-state index contributed by atoms with van der Waals surface area (Å²) >= 11 is 1.66. The number of alkyl halides is 1. The number of benzene rings is 1. The van der Waals surface area contributed by atoms with E-state index in [0.29, 0.717) is 32.3 Å². The first-order valence-corrected chi connectivity index (χ1v) is 13.0. The summed E-state index contributed by atoms with van der Waals surface area (Å²) in [6.07, 6.45) is 5.30. The average molecular weight is 504 g/mol. The van der Waals surface area contributed by atoms with Crippen LogP contribution in [0.2, 0.25) is 0 Å². The molecule has 1 aliphatic rings. The standard InChI is InChI=1S/C26H34FN3O4S/c1-31-22-3-4-23-24(18-22)35-26(29-23)21-2-5-25(28-19-21)30-10-6-20(7-11-30)8-12-32-14-16-34-17-15-33-13-9-27/h2-5,18-20H,6-17H2,1H3. The van der Waals surface area contributed by atoms with E-state index in [1.54, 1.807) is 18.4 Å². The van der Waals surface area contributed by atoms with Crippen molar-refractivity contribution in [3.63, 3.8) is 0 Å². The SMILES string of the molecule is COc1ccc2nc(-c3ccc(N4CCC(CCOCCOCCOCCF)CC4)nc3)sc2c1. The number of nitrogens with zero attached hydrogens (tertiary/aromatic N) is 3. The highest BCUT2D eigenvalue weighted by molar-refractivity contribution is 7.21. The fourth-order valence-corrected chi connectivity index (χ4v) is 5.14. The Morgan fingerprint density at radius 2 is 1.71 bits per heavy atom. The molecule has 0 aliphatic carbocycles. The number of hydrogen-bond acceptors (Lipinski definition) is 8. The largest absolute Gasteiger partial charge is 0.497 e. The molecule has 0 atom stereocenters. The van der Waals surface area contributed by atoms with Gasteiger partial charge in [0.25, 0.3) is 0 Å². The number of hydrogen-bond donors (Lipinski definition) is 0. The van der Waals surface area contributed by atoms with Crippen LogP contribution >= 0.6 is 11.3 Å². The molecule has 0 radical (unpaired) electrons. The van der Waals surface area contributed by atoms with E-state index in [9.17, 15) is 4.39 Å². The predicted octanol–water partition coefficient (Wildman–Crippen LogP) is 4.99. The zero-order chi connectivity index (χ0) is 24.3. The maximum Gasteiger partial charge on any atom is 0.128 e. The Hall–Kier alpha value is -2.33. The van der Waals surface area contributed by atoms with Crippen LogP contribution in [0, 0.1) is 5.92 Å². The normalized spacial score (nSPS) is 14.6. The van der Waals surface area contributed by atoms with Gasteiger partial charge < -0.3 is 23.8 Å². The summed E-state index contributed by atoms with van der Waals surface area (Å²) in [5.41, 5.74) is 2.02. The molecular weight excluding hydrogens is 469 g/mol. The van der Waals surface area contributed by atoms with E-state index in [4.69, 9.17) is 28.9 Å². The number of rotatable bonds is 14. The second-order valence-electron chi connectivity index (χ2n) is 8.50. The van der Waals surface area contributed by atoms with Crippen LogP contribution in [0.15, 0.2) is 36.5 Å². The Morgan fingerprint density at radius 3 is 2.40 bits per heavy atom. The molecule has 4 rings (SSSR count). The van der Waals surface area contributed by atoms with Gasteiger partial charge in [-0.05, 0) is 55.5 Å². The van der Waals surface area contributed by atoms with E-state index in [1.165, 1.54) is 0 Å². The number of fused-ring (bicyclic) bond motifs is 1. The summed E-state index contributed by atoms with van der Waals surface area (Å²) in [5.74, 6) is 2.55. The van der Waals surface area contributed by atoms with Gasteiger partial charge in [-0.25, -0.2) is 14.4 Å². The minimum absolute atomic E-state index is 0.139. The van der Waals surface area contributed by atoms with E-state index in [1.807, 2.05) is 24.4 Å². The molecule has 3 heterocycles. The molecule has 1 fully saturated rings. The number of thiazole rings is 1. The van der Waals surface area contributed by atoms with Gasteiger partial charge in [0, 0.05) is 31.5 Å². The van der Waals surface area contributed by atoms with Crippen LogP contribution in [0.5, 0.6) is 5.75 Å². The number of piperidine rings is 1. The summed E-state index contributed by atoms with van der Waals surface area (Å²) in [5, 5.41) is 0.974. The third-order valence-corrected chi connectivity index (χ3v) is 7.23. The van der Waals surface area contributed by atoms with E-state index in [2.05, 4.69) is 17.0 Å². The Bertz CT molecular complexity index is 1030. The van der Waals surface area contributed by atoms with Gasteiger partial charge in [0.15, 0.2) is 0 Å². The van der Waals surface area contributed by atoms with Crippen molar-refractivity contribution >= 4 is 27.4 Å². The van der Waals surface area contributed by atoms with Gasteiger partial charge in [0.05, 0.1) is 50.4 Å². The van der Waals surface area contributed by atoms with Crippen molar-refractivity contribution in [2.45, 2.75) is 19.3 Å². The molecule has 9 heteroatoms. The zero-order valence-electron chi connectivity index (χ0n) is 20.3. The number of halogens is 1. The first-order valence-electron chi connectivity index (χ1n) is 12.2. The monoisotopic (exact) mass is 503 g/mol. The van der Waals surface area contributed by atoms with E-state index >= 15 is 0 Å². The Kier molecular flexibility index (Phi) is 10.1. The van der Waals surface area contributed by atoms with Crippen molar-refractivity contribution in [1.82, 2.24) is 9.97 Å². The molecule has 190 valence electrons. The fraction of sp³-hybridized carbons (Fsp3) is 0.538. The van der Waals surface area contributed by atoms with Gasteiger partial charge in [-0.3, -0.25) is 0 Å². The van der Waals surface area contributed by atoms with E-state index in [0.717, 1.165) is 71.3 Å². The highest BCUT2D eigenvalue weighted by Crippen LogP contribution is 2.33. The number of methoxy groups -OCH3 is 1. The molecule has 0 saturated carbocycles. The maximum atomic E-state index is 11.9. The summed E-state index contributed by atoms with van der Waals surface area (Å²) < 4.78 is 34.5. The van der Waals surface area contributed by atoms with Gasteiger partial charge in [-0.2, -0.15) is 0 Å². The number of ether oxygens (including phenoxy) is 4. The molecule has 1 aromatic carbocycles. The van der Waals surface area contributed by atoms with Crippen LogP contribution in [-0.4, -0.2) is 76.5 Å². The van der Waals surface area contributed by atoms with Gasteiger partial charge in [0.1, 0.15) is 23.2 Å². The molecule has 0 bridgehead atoms. The van der Waals surface area contributed by atoms with Crippen molar-refractivity contribution in [2.24, 2.45) is 5.92 Å². The number of aromatic nitrogens is 2. The summed E-state index contributed by atoms with van der Waals surface area (Å²) in [7, 11) is 1.68. The molecule has 0 N–H and O–H groups in total. The second-order valence-corrected chi connectivity index (χ2v) is 9.53. The summed E-state index contributed by atoms with van der Waals surface area (Å²) in [4.78, 5) is 11.9. The minimum atomic E-state index is -0.452. The third-order valence-electron chi connectivity index (χ3n) is 6.16. The van der Waals surface area contributed by atoms with Crippen molar-refractivity contribution in [3.8, 4) is 16.3 Å². The highest BCUT2D eigenvalue weighted by Gasteiger charge is 2.20. The van der Waals surface area contributed by atoms with Crippen molar-refractivity contribution < 1.29 is 23.3 Å². The van der Waals surface area contributed by atoms with Gasteiger partial charge in [-0.1, -0.05) is 0 Å². The maximum absolute atomic E-state index is 11.9. The Labute approximate surface area is 210 Å². The van der Waals surface area contributed by atoms with Crippen LogP contribution in [0.3, 0.4) is 0 Å². The molecule has 1 saturated heterocycles. The fourth-order valence-electron chi connectivity index (χ4n) is 4.15. The molecule has 2 aromatic heterocycles. The van der Waals surface area contributed by atoms with Gasteiger partial charge in [-0.15, -0.1) is 11.3 Å². The van der Waals surface area contributed by atoms with Crippen LogP contribution < -0.4 is 9.64 Å². The molecule has 0 unspecified atom stereocenters. The average Bonchev–Trinajstić information content (AvgIpc) is 3.34. The van der Waals surface area contributed by atoms with Gasteiger partial charge in [0.2, 0.25) is 0 Å². The lowest BCUT2D eigenvalue weighted by Gasteiger charge is -2.32. The Morgan fingerprint density at radius 1 is 0.971 bits per heavy atom. The summed E-state index contributed by atoms with van der Waals surface area (Å²) in [6.45, 7) is 4.51. The second kappa shape index (κ2) is 13.7.